The van der Waals surface area contributed by atoms with Crippen molar-refractivity contribution in [1.82, 2.24) is 18.7 Å². The van der Waals surface area contributed by atoms with Gasteiger partial charge in [0.2, 0.25) is 0 Å². The predicted molar refractivity (Wildman–Crippen MR) is 288 cm³/mol. The van der Waals surface area contributed by atoms with Gasteiger partial charge in [0.15, 0.2) is 0 Å². The van der Waals surface area contributed by atoms with Gasteiger partial charge in [-0.25, -0.2) is 0 Å². The van der Waals surface area contributed by atoms with Crippen LogP contribution in [0.15, 0.2) is 224 Å². The SMILES string of the molecule is [2H]c1c([2H])c([2H])c(-c2ccc3c(c2)c2ccc(Oc4cccc(-n5[c](=[Pt])n(-c6c(-c7c([2H])c([2H])c([2H])c([2H])c7[2H])cc7c(c6-c6c([2H])c([2H])c([2H])c([2H])c6[2H])Cc6ccccc6-7)c6ccccc65)c4)cc2n3-c2cc(C(C)(C)C)ccn2)c([2H])c1[2H]. The smallest absolute Gasteiger partial charge is 0.0617 e. The molecule has 5 nitrogen and oxygen atoms in total. The Morgan fingerprint density at radius 3 is 1.97 bits per heavy atom. The maximum absolute atomic E-state index is 9.52. The van der Waals surface area contributed by atoms with Crippen LogP contribution in [0.4, 0.5) is 0 Å². The van der Waals surface area contributed by atoms with Crippen LogP contribution < -0.4 is 4.74 Å². The van der Waals surface area contributed by atoms with Crippen molar-refractivity contribution in [2.75, 3.05) is 0 Å². The minimum Gasteiger partial charge on any atom is -0.0617 e. The Morgan fingerprint density at radius 1 is 0.521 bits per heavy atom. The van der Waals surface area contributed by atoms with E-state index in [2.05, 4.69) is 40.1 Å². The molecule has 0 bridgehead atoms. The number of ether oxygens (including phenoxy) is 1. The summed E-state index contributed by atoms with van der Waals surface area (Å²) in [6.07, 6.45) is 2.06. The Hall–Kier alpha value is -8.11. The van der Waals surface area contributed by atoms with E-state index in [1.54, 1.807) is 18.3 Å². The molecule has 3 aromatic heterocycles. The van der Waals surface area contributed by atoms with Crippen LogP contribution in [0.1, 0.15) is 58.0 Å². The summed E-state index contributed by atoms with van der Waals surface area (Å²) >= 11 is 2.18. The van der Waals surface area contributed by atoms with E-state index in [4.69, 9.17) is 24.8 Å². The fraction of sp³-hybridized carbons (Fsp3) is 0.0769. The molecule has 1 aliphatic rings. The third-order valence-electron chi connectivity index (χ3n) is 13.2. The van der Waals surface area contributed by atoms with Crippen LogP contribution >= 0.6 is 0 Å². The van der Waals surface area contributed by atoms with Gasteiger partial charge >= 0.3 is 348 Å². The first-order valence-electron chi connectivity index (χ1n) is 30.5. The number of rotatable bonds is 8. The molecule has 71 heavy (non-hydrogen) atoms. The van der Waals surface area contributed by atoms with Crippen molar-refractivity contribution in [2.45, 2.75) is 32.6 Å². The zero-order valence-corrected chi connectivity index (χ0v) is 40.7. The summed E-state index contributed by atoms with van der Waals surface area (Å²) in [5, 5.41) is 1.54. The third-order valence-corrected chi connectivity index (χ3v) is 14.2. The molecule has 0 unspecified atom stereocenters. The first-order chi connectivity index (χ1) is 41.0. The fourth-order valence-corrected chi connectivity index (χ4v) is 11.1. The van der Waals surface area contributed by atoms with Crippen LogP contribution in [0.3, 0.4) is 0 Å². The van der Waals surface area contributed by atoms with Gasteiger partial charge < -0.3 is 0 Å². The molecule has 344 valence electrons. The molecule has 0 saturated heterocycles. The summed E-state index contributed by atoms with van der Waals surface area (Å²) in [7, 11) is 0. The standard InChI is InChI=1S/C65H48N4O.Pt/c1-65(2,3)48-34-35-66-62(38-48)69-58-33-30-46(43-18-7-4-8-19-43)36-56(58)53-32-31-51(40-61(53)69)70-50-26-17-25-49(39-50)67-42-68(60-29-16-15-28-59(60)67)64-54(44-20-9-5-10-21-44)41-55-52-27-14-13-24-47(52)37-57(55)63(64)45-22-11-6-12-23-45;/h4-36,38-41H,37H2,1-3H3;/i4D,5D,6D,7D,8D,9D,10D,11D,12D,18D,19D,20D,21D,22D,23D;. The second-order valence-corrected chi connectivity index (χ2v) is 19.4. The number of nitrogens with zero attached hydrogens (tertiary/aromatic N) is 4. The maximum atomic E-state index is 9.52. The third kappa shape index (κ3) is 7.34. The average molecular weight is 1110 g/mol. The Balaban J connectivity index is 1.02. The number of pyridine rings is 1. The Labute approximate surface area is 445 Å². The summed E-state index contributed by atoms with van der Waals surface area (Å²) in [4.78, 5) is 4.86. The zero-order chi connectivity index (χ0) is 60.8. The summed E-state index contributed by atoms with van der Waals surface area (Å²) in [5.74, 6) is 1.53. The second kappa shape index (κ2) is 17.1. The first-order valence-corrected chi connectivity index (χ1v) is 24.1. The van der Waals surface area contributed by atoms with Crippen LogP contribution in [-0.2, 0) is 31.2 Å². The minimum atomic E-state index is -0.585. The molecule has 9 aromatic carbocycles. The Bertz CT molecular complexity index is 4960. The normalized spacial score (nSPS) is 15.1. The summed E-state index contributed by atoms with van der Waals surface area (Å²) in [6, 6.07) is 32.3. The zero-order valence-electron chi connectivity index (χ0n) is 53.4. The number of benzene rings is 9. The first kappa shape index (κ1) is 29.8. The van der Waals surface area contributed by atoms with Crippen LogP contribution in [-0.4, -0.2) is 18.7 Å². The fourth-order valence-electron chi connectivity index (χ4n) is 9.98. The van der Waals surface area contributed by atoms with Gasteiger partial charge in [0, 0.05) is 6.20 Å². The molecule has 0 amide bonds. The molecule has 0 aliphatic heterocycles. The molecular formula is C65H48N4OPt. The van der Waals surface area contributed by atoms with Crippen LogP contribution in [0.25, 0.3) is 94.5 Å². The minimum absolute atomic E-state index is 0.0874. The van der Waals surface area contributed by atoms with E-state index in [1.165, 1.54) is 0 Å². The molecule has 0 N–H and O–H groups in total. The van der Waals surface area contributed by atoms with Gasteiger partial charge in [-0.3, -0.25) is 0 Å². The topological polar surface area (TPSA) is 36.9 Å². The van der Waals surface area contributed by atoms with Gasteiger partial charge in [0.25, 0.3) is 0 Å². The average Bonchev–Trinajstić information content (AvgIpc) is 1.53. The number of hydrogen-bond acceptors (Lipinski definition) is 2. The Kier molecular flexibility index (Phi) is 7.17. The van der Waals surface area contributed by atoms with E-state index in [-0.39, 0.29) is 51.0 Å². The summed E-state index contributed by atoms with van der Waals surface area (Å²) in [6.45, 7) is 6.37. The van der Waals surface area contributed by atoms with E-state index in [0.717, 1.165) is 38.5 Å². The van der Waals surface area contributed by atoms with Crippen molar-refractivity contribution in [1.29, 1.82) is 0 Å². The van der Waals surface area contributed by atoms with Crippen LogP contribution in [0, 0.1) is 3.80 Å². The quantitative estimate of drug-likeness (QED) is 0.152. The van der Waals surface area contributed by atoms with Gasteiger partial charge in [0.05, 0.1) is 6.85 Å². The summed E-state index contributed by atoms with van der Waals surface area (Å²) < 4.78 is 147. The van der Waals surface area contributed by atoms with E-state index >= 15 is 0 Å². The van der Waals surface area contributed by atoms with Crippen molar-refractivity contribution >= 4 is 32.8 Å². The second-order valence-electron chi connectivity index (χ2n) is 18.4. The molecule has 0 saturated carbocycles. The molecule has 0 spiro atoms. The number of hydrogen-bond donors (Lipinski definition) is 0. The van der Waals surface area contributed by atoms with Crippen molar-refractivity contribution in [3.8, 4) is 73.2 Å². The van der Waals surface area contributed by atoms with Gasteiger partial charge in [-0.1, -0.05) is 57.0 Å². The molecule has 0 radical (unpaired) electrons. The molecule has 6 heteroatoms. The van der Waals surface area contributed by atoms with E-state index in [1.807, 2.05) is 129 Å². The number of fused-ring (bicyclic) bond motifs is 7. The van der Waals surface area contributed by atoms with Crippen LogP contribution in [0.2, 0.25) is 0 Å². The van der Waals surface area contributed by atoms with Gasteiger partial charge in [-0.05, 0) is 28.2 Å². The number of aromatic nitrogens is 4. The number of para-hydroxylation sites is 2. The van der Waals surface area contributed by atoms with E-state index in [0.29, 0.717) is 61.0 Å². The van der Waals surface area contributed by atoms with E-state index < -0.39 is 78.6 Å². The molecule has 3 heterocycles. The van der Waals surface area contributed by atoms with Crippen LogP contribution in [0.5, 0.6) is 11.5 Å². The number of imidazole rings is 1. The molecular weight excluding hydrogens is 1050 g/mol. The van der Waals surface area contributed by atoms with Gasteiger partial charge in [-0.15, -0.1) is 0 Å². The Morgan fingerprint density at radius 2 is 1.21 bits per heavy atom. The summed E-state index contributed by atoms with van der Waals surface area (Å²) in [5.41, 5.74) is 8.10. The molecule has 0 fully saturated rings. The van der Waals surface area contributed by atoms with Crippen molar-refractivity contribution < 1.29 is 44.7 Å². The monoisotopic (exact) mass is 1110 g/mol. The molecule has 13 rings (SSSR count). The van der Waals surface area contributed by atoms with Gasteiger partial charge in [-0.2, -0.15) is 0 Å². The predicted octanol–water partition coefficient (Wildman–Crippen LogP) is 16.7. The van der Waals surface area contributed by atoms with Crippen molar-refractivity contribution in [2.24, 2.45) is 0 Å². The molecule has 0 atom stereocenters. The van der Waals surface area contributed by atoms with Gasteiger partial charge in [0.1, 0.15) is 0 Å². The van der Waals surface area contributed by atoms with Crippen molar-refractivity contribution in [3.63, 3.8) is 0 Å². The van der Waals surface area contributed by atoms with Crippen molar-refractivity contribution in [3.05, 3.63) is 245 Å². The van der Waals surface area contributed by atoms with E-state index in [9.17, 15) is 5.48 Å². The molecule has 1 aliphatic carbocycles. The molecule has 12 aromatic rings.